The number of nitrogens with zero attached hydrogens (tertiary/aromatic N) is 3. The lowest BCUT2D eigenvalue weighted by molar-refractivity contribution is 0.942. The van der Waals surface area contributed by atoms with Crippen LogP contribution in [0.25, 0.3) is 10.9 Å². The van der Waals surface area contributed by atoms with E-state index in [2.05, 4.69) is 16.0 Å². The van der Waals surface area contributed by atoms with Gasteiger partial charge in [-0.05, 0) is 18.2 Å². The molecule has 3 nitrogen and oxygen atoms in total. The van der Waals surface area contributed by atoms with Gasteiger partial charge in [-0.25, -0.2) is 0 Å². The smallest absolute Gasteiger partial charge is 0.103 e. The van der Waals surface area contributed by atoms with Crippen molar-refractivity contribution in [1.82, 2.24) is 4.98 Å². The fraction of sp³-hybridized carbons (Fsp3) is 0.125. The molecule has 3 rings (SSSR count). The Morgan fingerprint density at radius 2 is 2.10 bits per heavy atom. The average molecular weight is 314 g/mol. The number of fused-ring (bicyclic) bond motifs is 1. The SMILES string of the molecule is CN(Cc1ccc(Cl)s1)c1c(C#N)cnc2ccccc12. The highest BCUT2D eigenvalue weighted by atomic mass is 35.5. The highest BCUT2D eigenvalue weighted by Crippen LogP contribution is 2.31. The quantitative estimate of drug-likeness (QED) is 0.717. The molecule has 0 spiro atoms. The predicted octanol–water partition coefficient (Wildman–Crippen LogP) is 4.46. The van der Waals surface area contributed by atoms with E-state index in [0.29, 0.717) is 12.1 Å². The van der Waals surface area contributed by atoms with Crippen molar-refractivity contribution in [3.05, 3.63) is 57.4 Å². The van der Waals surface area contributed by atoms with Crippen LogP contribution < -0.4 is 4.90 Å². The van der Waals surface area contributed by atoms with Crippen molar-refractivity contribution >= 4 is 39.5 Å². The van der Waals surface area contributed by atoms with E-state index in [1.807, 2.05) is 43.4 Å². The largest absolute Gasteiger partial charge is 0.368 e. The summed E-state index contributed by atoms with van der Waals surface area (Å²) in [6.45, 7) is 0.708. The number of hydrogen-bond donors (Lipinski definition) is 0. The van der Waals surface area contributed by atoms with E-state index >= 15 is 0 Å². The van der Waals surface area contributed by atoms with Gasteiger partial charge in [-0.1, -0.05) is 29.8 Å². The van der Waals surface area contributed by atoms with Crippen LogP contribution in [0.4, 0.5) is 5.69 Å². The lowest BCUT2D eigenvalue weighted by Gasteiger charge is -2.21. The summed E-state index contributed by atoms with van der Waals surface area (Å²) in [6, 6.07) is 14.0. The van der Waals surface area contributed by atoms with E-state index in [0.717, 1.165) is 25.8 Å². The summed E-state index contributed by atoms with van der Waals surface area (Å²) >= 11 is 7.54. The third kappa shape index (κ3) is 2.71. The molecule has 2 heterocycles. The zero-order valence-electron chi connectivity index (χ0n) is 11.4. The van der Waals surface area contributed by atoms with Crippen LogP contribution in [0.3, 0.4) is 0 Å². The van der Waals surface area contributed by atoms with E-state index in [1.165, 1.54) is 0 Å². The Morgan fingerprint density at radius 3 is 2.81 bits per heavy atom. The lowest BCUT2D eigenvalue weighted by Crippen LogP contribution is -2.17. The minimum absolute atomic E-state index is 0.582. The maximum Gasteiger partial charge on any atom is 0.103 e. The molecule has 0 amide bonds. The van der Waals surface area contributed by atoms with Crippen LogP contribution in [0.2, 0.25) is 4.34 Å². The molecule has 0 fully saturated rings. The first kappa shape index (κ1) is 13.9. The van der Waals surface area contributed by atoms with Gasteiger partial charge >= 0.3 is 0 Å². The van der Waals surface area contributed by atoms with E-state index in [-0.39, 0.29) is 0 Å². The Kier molecular flexibility index (Phi) is 3.78. The van der Waals surface area contributed by atoms with Gasteiger partial charge in [0.15, 0.2) is 0 Å². The molecule has 0 radical (unpaired) electrons. The molecule has 0 aliphatic rings. The summed E-state index contributed by atoms with van der Waals surface area (Å²) in [4.78, 5) is 7.57. The van der Waals surface area contributed by atoms with Crippen molar-refractivity contribution in [3.8, 4) is 6.07 Å². The van der Waals surface area contributed by atoms with Gasteiger partial charge in [0.1, 0.15) is 6.07 Å². The molecule has 0 aliphatic carbocycles. The molecule has 3 aromatic rings. The molecule has 0 N–H and O–H groups in total. The molecule has 0 saturated heterocycles. The Hall–Kier alpha value is -2.09. The average Bonchev–Trinajstić information content (AvgIpc) is 2.90. The predicted molar refractivity (Wildman–Crippen MR) is 87.9 cm³/mol. The third-order valence-corrected chi connectivity index (χ3v) is 4.49. The number of para-hydroxylation sites is 1. The van der Waals surface area contributed by atoms with Crippen molar-refractivity contribution in [2.75, 3.05) is 11.9 Å². The summed E-state index contributed by atoms with van der Waals surface area (Å²) in [6.07, 6.45) is 1.63. The monoisotopic (exact) mass is 313 g/mol. The van der Waals surface area contributed by atoms with E-state index in [9.17, 15) is 5.26 Å². The number of rotatable bonds is 3. The van der Waals surface area contributed by atoms with Gasteiger partial charge in [-0.15, -0.1) is 11.3 Å². The van der Waals surface area contributed by atoms with Crippen LogP contribution in [-0.2, 0) is 6.54 Å². The second-order valence-corrected chi connectivity index (χ2v) is 6.51. The molecule has 1 aromatic carbocycles. The number of pyridine rings is 1. The van der Waals surface area contributed by atoms with Gasteiger partial charge in [-0.3, -0.25) is 4.98 Å². The fourth-order valence-corrected chi connectivity index (χ4v) is 3.51. The standard InChI is InChI=1S/C16H12ClN3S/c1-20(10-12-6-7-15(17)21-12)16-11(8-18)9-19-14-5-3-2-4-13(14)16/h2-7,9H,10H2,1H3. The normalized spacial score (nSPS) is 10.5. The molecule has 0 unspecified atom stereocenters. The molecule has 0 aliphatic heterocycles. The van der Waals surface area contributed by atoms with Gasteiger partial charge in [-0.2, -0.15) is 5.26 Å². The van der Waals surface area contributed by atoms with Crippen LogP contribution in [0, 0.1) is 11.3 Å². The number of hydrogen-bond acceptors (Lipinski definition) is 4. The van der Waals surface area contributed by atoms with Gasteiger partial charge in [0, 0.05) is 23.5 Å². The second kappa shape index (κ2) is 5.72. The zero-order chi connectivity index (χ0) is 14.8. The first-order chi connectivity index (χ1) is 10.2. The summed E-state index contributed by atoms with van der Waals surface area (Å²) < 4.78 is 0.776. The van der Waals surface area contributed by atoms with Gasteiger partial charge in [0.2, 0.25) is 0 Å². The van der Waals surface area contributed by atoms with Crippen molar-refractivity contribution in [2.45, 2.75) is 6.54 Å². The number of anilines is 1. The van der Waals surface area contributed by atoms with Crippen LogP contribution in [0.15, 0.2) is 42.6 Å². The molecular weight excluding hydrogens is 302 g/mol. The summed E-state index contributed by atoms with van der Waals surface area (Å²) in [5.74, 6) is 0. The summed E-state index contributed by atoms with van der Waals surface area (Å²) in [5.41, 5.74) is 2.38. The Morgan fingerprint density at radius 1 is 1.29 bits per heavy atom. The maximum atomic E-state index is 9.36. The van der Waals surface area contributed by atoms with Crippen LogP contribution in [-0.4, -0.2) is 12.0 Å². The van der Waals surface area contributed by atoms with E-state index in [1.54, 1.807) is 17.5 Å². The van der Waals surface area contributed by atoms with Crippen molar-refractivity contribution in [3.63, 3.8) is 0 Å². The summed E-state index contributed by atoms with van der Waals surface area (Å²) in [7, 11) is 1.98. The van der Waals surface area contributed by atoms with E-state index in [4.69, 9.17) is 11.6 Å². The van der Waals surface area contributed by atoms with Gasteiger partial charge < -0.3 is 4.90 Å². The summed E-state index contributed by atoms with van der Waals surface area (Å²) in [5, 5.41) is 10.3. The molecule has 21 heavy (non-hydrogen) atoms. The van der Waals surface area contributed by atoms with Crippen molar-refractivity contribution < 1.29 is 0 Å². The molecule has 0 atom stereocenters. The minimum Gasteiger partial charge on any atom is -0.368 e. The Bertz CT molecular complexity index is 835. The molecule has 0 saturated carbocycles. The zero-order valence-corrected chi connectivity index (χ0v) is 12.9. The second-order valence-electron chi connectivity index (χ2n) is 4.71. The molecule has 0 bridgehead atoms. The molecular formula is C16H12ClN3S. The topological polar surface area (TPSA) is 39.9 Å². The highest BCUT2D eigenvalue weighted by molar-refractivity contribution is 7.16. The number of thiophene rings is 1. The maximum absolute atomic E-state index is 9.36. The number of aromatic nitrogens is 1. The molecule has 104 valence electrons. The van der Waals surface area contributed by atoms with Crippen LogP contribution >= 0.6 is 22.9 Å². The van der Waals surface area contributed by atoms with Crippen molar-refractivity contribution in [2.24, 2.45) is 0 Å². The lowest BCUT2D eigenvalue weighted by atomic mass is 10.1. The first-order valence-electron chi connectivity index (χ1n) is 6.42. The minimum atomic E-state index is 0.582. The molecule has 5 heteroatoms. The third-order valence-electron chi connectivity index (χ3n) is 3.27. The first-order valence-corrected chi connectivity index (χ1v) is 7.61. The van der Waals surface area contributed by atoms with Crippen molar-refractivity contribution in [1.29, 1.82) is 5.26 Å². The Balaban J connectivity index is 2.07. The van der Waals surface area contributed by atoms with Gasteiger partial charge in [0.25, 0.3) is 0 Å². The number of halogens is 1. The molecule has 2 aromatic heterocycles. The van der Waals surface area contributed by atoms with Gasteiger partial charge in [0.05, 0.1) is 27.6 Å². The van der Waals surface area contributed by atoms with Crippen LogP contribution in [0.1, 0.15) is 10.4 Å². The fourth-order valence-electron chi connectivity index (χ4n) is 2.37. The Labute approximate surface area is 132 Å². The highest BCUT2D eigenvalue weighted by Gasteiger charge is 2.13. The van der Waals surface area contributed by atoms with E-state index < -0.39 is 0 Å². The van der Waals surface area contributed by atoms with Crippen LogP contribution in [0.5, 0.6) is 0 Å². The number of nitriles is 1. The number of benzene rings is 1.